The monoisotopic (exact) mass is 757 g/mol. The number of rotatable bonds is 9. The zero-order chi connectivity index (χ0) is 35.6. The van der Waals surface area contributed by atoms with Crippen LogP contribution in [0.25, 0.3) is 34.3 Å². The molecule has 1 aliphatic heterocycles. The molecule has 0 saturated carbocycles. The van der Waals surface area contributed by atoms with Gasteiger partial charge in [0, 0.05) is 21.3 Å². The fourth-order valence-corrected chi connectivity index (χ4v) is 7.81. The molecule has 7 rings (SSSR count). The number of hydrogen-bond donors (Lipinski definition) is 0. The van der Waals surface area contributed by atoms with Crippen LogP contribution in [0.3, 0.4) is 0 Å². The molecule has 3 heterocycles. The van der Waals surface area contributed by atoms with Gasteiger partial charge in [0.25, 0.3) is 5.56 Å². The van der Waals surface area contributed by atoms with Gasteiger partial charge in [-0.15, -0.1) is 0 Å². The van der Waals surface area contributed by atoms with E-state index in [9.17, 15) is 9.59 Å². The van der Waals surface area contributed by atoms with Gasteiger partial charge >= 0.3 is 5.97 Å². The number of carbonyl (C=O) groups is 1. The van der Waals surface area contributed by atoms with Crippen molar-refractivity contribution in [2.45, 2.75) is 39.8 Å². The predicted molar refractivity (Wildman–Crippen MR) is 207 cm³/mol. The summed E-state index contributed by atoms with van der Waals surface area (Å²) in [5.41, 5.74) is 7.06. The molecule has 51 heavy (non-hydrogen) atoms. The van der Waals surface area contributed by atoms with Crippen molar-refractivity contribution in [1.29, 1.82) is 0 Å². The van der Waals surface area contributed by atoms with Gasteiger partial charge in [0.1, 0.15) is 11.8 Å². The Bertz CT molecular complexity index is 2440. The summed E-state index contributed by atoms with van der Waals surface area (Å²) in [6.45, 7) is 7.65. The molecular weight excluding hydrogens is 722 g/mol. The van der Waals surface area contributed by atoms with Crippen LogP contribution in [0.1, 0.15) is 44.9 Å². The highest BCUT2D eigenvalue weighted by atomic mass is 79.9. The molecule has 7 nitrogen and oxygen atoms in total. The molecule has 0 N–H and O–H groups in total. The van der Waals surface area contributed by atoms with Gasteiger partial charge in [-0.25, -0.2) is 9.79 Å². The van der Waals surface area contributed by atoms with Crippen molar-refractivity contribution < 1.29 is 14.3 Å². The van der Waals surface area contributed by atoms with Crippen LogP contribution >= 0.6 is 27.3 Å². The minimum absolute atomic E-state index is 0.122. The largest absolute Gasteiger partial charge is 0.491 e. The van der Waals surface area contributed by atoms with Gasteiger partial charge in [0.2, 0.25) is 0 Å². The van der Waals surface area contributed by atoms with Crippen LogP contribution in [0, 0.1) is 0 Å². The number of fused-ring (bicyclic) bond motifs is 1. The van der Waals surface area contributed by atoms with Crippen LogP contribution in [-0.2, 0) is 9.53 Å². The lowest BCUT2D eigenvalue weighted by Gasteiger charge is -2.26. The SMILES string of the molecule is CCOC(=O)C1=C(C)N=c2s/c(=C\c3cc(-c4ccccc4)n(-c4ccc(Br)cc4)c3-c3ccccc3)c(=O)n2[C@H]1c1ccccc1OC(C)C. The molecule has 0 spiro atoms. The number of hydrogen-bond acceptors (Lipinski definition) is 6. The minimum Gasteiger partial charge on any atom is -0.491 e. The first-order valence-corrected chi connectivity index (χ1v) is 18.4. The van der Waals surface area contributed by atoms with E-state index < -0.39 is 12.0 Å². The normalized spacial score (nSPS) is 14.4. The Kier molecular flexibility index (Phi) is 9.75. The number of aromatic nitrogens is 2. The molecule has 0 amide bonds. The average Bonchev–Trinajstić information content (AvgIpc) is 3.65. The summed E-state index contributed by atoms with van der Waals surface area (Å²) in [6.07, 6.45) is 1.83. The van der Waals surface area contributed by atoms with Crippen LogP contribution in [0.5, 0.6) is 5.75 Å². The number of thiazole rings is 1. The van der Waals surface area contributed by atoms with E-state index in [1.807, 2.05) is 92.7 Å². The maximum atomic E-state index is 14.7. The summed E-state index contributed by atoms with van der Waals surface area (Å²) in [5.74, 6) is 0.0804. The van der Waals surface area contributed by atoms with Crippen molar-refractivity contribution in [1.82, 2.24) is 9.13 Å². The topological polar surface area (TPSA) is 74.8 Å². The highest BCUT2D eigenvalue weighted by Gasteiger charge is 2.35. The third-order valence-corrected chi connectivity index (χ3v) is 10.1. The summed E-state index contributed by atoms with van der Waals surface area (Å²) in [5, 5.41) is 0. The van der Waals surface area contributed by atoms with Crippen LogP contribution in [-0.4, -0.2) is 27.8 Å². The molecular formula is C42H36BrN3O4S. The molecule has 0 fully saturated rings. The molecule has 0 saturated heterocycles. The number of ether oxygens (including phenoxy) is 2. The standard InChI is InChI=1S/C42H36BrN3O4S/c1-5-49-41(48)37-27(4)44-42-46(39(37)33-18-12-13-19-35(33)50-26(2)3)40(47)36(51-42)25-30-24-34(28-14-8-6-9-15-28)45(32-22-20-31(43)21-23-32)38(30)29-16-10-7-11-17-29/h6-26,39H,5H2,1-4H3/b36-25-/t39-/m0/s1. The first kappa shape index (κ1) is 34.2. The maximum Gasteiger partial charge on any atom is 0.338 e. The number of para-hydroxylation sites is 1. The second-order valence-electron chi connectivity index (χ2n) is 12.4. The molecule has 1 aliphatic rings. The van der Waals surface area contributed by atoms with Crippen LogP contribution in [0.2, 0.25) is 0 Å². The maximum absolute atomic E-state index is 14.7. The van der Waals surface area contributed by atoms with Crippen molar-refractivity contribution in [3.8, 4) is 34.0 Å². The van der Waals surface area contributed by atoms with Gasteiger partial charge in [0.15, 0.2) is 4.80 Å². The number of nitrogens with zero attached hydrogens (tertiary/aromatic N) is 3. The fourth-order valence-electron chi connectivity index (χ4n) is 6.51. The summed E-state index contributed by atoms with van der Waals surface area (Å²) < 4.78 is 17.1. The zero-order valence-electron chi connectivity index (χ0n) is 28.7. The third-order valence-electron chi connectivity index (χ3n) is 8.61. The van der Waals surface area contributed by atoms with Gasteiger partial charge in [-0.05, 0) is 81.3 Å². The molecule has 9 heteroatoms. The molecule has 0 radical (unpaired) electrons. The van der Waals surface area contributed by atoms with Crippen molar-refractivity contribution >= 4 is 39.3 Å². The second kappa shape index (κ2) is 14.5. The minimum atomic E-state index is -0.793. The van der Waals surface area contributed by atoms with E-state index in [1.54, 1.807) is 18.4 Å². The molecule has 0 bridgehead atoms. The van der Waals surface area contributed by atoms with E-state index in [4.69, 9.17) is 14.5 Å². The quantitative estimate of drug-likeness (QED) is 0.139. The van der Waals surface area contributed by atoms with E-state index in [1.165, 1.54) is 11.3 Å². The molecule has 4 aromatic carbocycles. The van der Waals surface area contributed by atoms with Gasteiger partial charge in [0.05, 0.1) is 39.9 Å². The smallest absolute Gasteiger partial charge is 0.338 e. The van der Waals surface area contributed by atoms with Crippen molar-refractivity contribution in [2.24, 2.45) is 4.99 Å². The van der Waals surface area contributed by atoms with E-state index in [0.717, 1.165) is 38.2 Å². The van der Waals surface area contributed by atoms with Gasteiger partial charge < -0.3 is 14.0 Å². The molecule has 0 unspecified atom stereocenters. The highest BCUT2D eigenvalue weighted by Crippen LogP contribution is 2.38. The summed E-state index contributed by atoms with van der Waals surface area (Å²) >= 11 is 4.90. The Morgan fingerprint density at radius 2 is 1.57 bits per heavy atom. The Labute approximate surface area is 308 Å². The molecule has 2 aromatic heterocycles. The number of esters is 1. The zero-order valence-corrected chi connectivity index (χ0v) is 31.1. The van der Waals surface area contributed by atoms with Gasteiger partial charge in [-0.3, -0.25) is 9.36 Å². The Hall–Kier alpha value is -5.25. The third kappa shape index (κ3) is 6.67. The second-order valence-corrected chi connectivity index (χ2v) is 14.3. The highest BCUT2D eigenvalue weighted by molar-refractivity contribution is 9.10. The summed E-state index contributed by atoms with van der Waals surface area (Å²) in [4.78, 5) is 33.6. The van der Waals surface area contributed by atoms with Gasteiger partial charge in [-0.2, -0.15) is 0 Å². The molecule has 0 aliphatic carbocycles. The van der Waals surface area contributed by atoms with E-state index in [-0.39, 0.29) is 18.3 Å². The Morgan fingerprint density at radius 3 is 2.24 bits per heavy atom. The Balaban J connectivity index is 1.51. The Morgan fingerprint density at radius 1 is 0.922 bits per heavy atom. The van der Waals surface area contributed by atoms with Crippen LogP contribution in [0.4, 0.5) is 0 Å². The molecule has 1 atom stereocenters. The number of benzene rings is 4. The summed E-state index contributed by atoms with van der Waals surface area (Å²) in [7, 11) is 0. The lowest BCUT2D eigenvalue weighted by Crippen LogP contribution is -2.40. The lowest BCUT2D eigenvalue weighted by molar-refractivity contribution is -0.139. The predicted octanol–water partition coefficient (Wildman–Crippen LogP) is 8.47. The van der Waals surface area contributed by atoms with Crippen LogP contribution < -0.4 is 19.6 Å². The molecule has 6 aromatic rings. The van der Waals surface area contributed by atoms with Crippen LogP contribution in [0.15, 0.2) is 141 Å². The van der Waals surface area contributed by atoms with Gasteiger partial charge in [-0.1, -0.05) is 106 Å². The van der Waals surface area contributed by atoms with Crippen molar-refractivity contribution in [3.63, 3.8) is 0 Å². The number of allylic oxidation sites excluding steroid dienone is 1. The number of carbonyl (C=O) groups excluding carboxylic acids is 1. The molecule has 256 valence electrons. The van der Waals surface area contributed by atoms with E-state index in [2.05, 4.69) is 63.0 Å². The van der Waals surface area contributed by atoms with E-state index >= 15 is 0 Å². The fraction of sp³-hybridized carbons (Fsp3) is 0.167. The summed E-state index contributed by atoms with van der Waals surface area (Å²) in [6, 6.07) is 37.5. The van der Waals surface area contributed by atoms with Crippen molar-refractivity contribution in [3.05, 3.63) is 162 Å². The van der Waals surface area contributed by atoms with Crippen molar-refractivity contribution in [2.75, 3.05) is 6.61 Å². The number of halogens is 1. The lowest BCUT2D eigenvalue weighted by atomic mass is 9.95. The van der Waals surface area contributed by atoms with E-state index in [0.29, 0.717) is 31.9 Å². The average molecular weight is 759 g/mol. The first-order chi connectivity index (χ1) is 24.7. The first-order valence-electron chi connectivity index (χ1n) is 16.8.